The predicted octanol–water partition coefficient (Wildman–Crippen LogP) is 4.03. The van der Waals surface area contributed by atoms with Crippen LogP contribution in [-0.2, 0) is 4.79 Å². The summed E-state index contributed by atoms with van der Waals surface area (Å²) < 4.78 is 10.5. The standard InChI is InChI=1S/C23H32N2O3/c1-6-7-17(2)25(3)16-22(26)24-23(18-8-12-20(27-4)13-9-18)19-10-14-21(28-5)15-11-19/h8-15,17,23H,6-7,16H2,1-5H3,(H,24,26)/t17-/m1/s1. The summed E-state index contributed by atoms with van der Waals surface area (Å²) in [7, 11) is 5.28. The molecule has 0 aliphatic carbocycles. The monoisotopic (exact) mass is 384 g/mol. The van der Waals surface area contributed by atoms with Crippen LogP contribution in [0.2, 0.25) is 0 Å². The minimum Gasteiger partial charge on any atom is -0.497 e. The second kappa shape index (κ2) is 10.7. The van der Waals surface area contributed by atoms with E-state index in [1.54, 1.807) is 14.2 Å². The van der Waals surface area contributed by atoms with Crippen LogP contribution in [0.4, 0.5) is 0 Å². The Morgan fingerprint density at radius 1 is 0.964 bits per heavy atom. The summed E-state index contributed by atoms with van der Waals surface area (Å²) in [5.41, 5.74) is 2.01. The van der Waals surface area contributed by atoms with E-state index in [1.165, 1.54) is 0 Å². The van der Waals surface area contributed by atoms with Crippen LogP contribution < -0.4 is 14.8 Å². The first-order chi connectivity index (χ1) is 13.5. The average Bonchev–Trinajstić information content (AvgIpc) is 2.72. The number of nitrogens with zero attached hydrogens (tertiary/aromatic N) is 1. The summed E-state index contributed by atoms with van der Waals surface area (Å²) in [4.78, 5) is 14.9. The van der Waals surface area contributed by atoms with Crippen molar-refractivity contribution >= 4 is 5.91 Å². The second-order valence-electron chi connectivity index (χ2n) is 7.10. The van der Waals surface area contributed by atoms with Gasteiger partial charge in [0.25, 0.3) is 0 Å². The van der Waals surface area contributed by atoms with Crippen molar-refractivity contribution in [1.82, 2.24) is 10.2 Å². The van der Waals surface area contributed by atoms with E-state index in [4.69, 9.17) is 9.47 Å². The molecular weight excluding hydrogens is 352 g/mol. The van der Waals surface area contributed by atoms with Gasteiger partial charge in [0.1, 0.15) is 11.5 Å². The molecule has 0 aromatic heterocycles. The van der Waals surface area contributed by atoms with Gasteiger partial charge in [-0.2, -0.15) is 0 Å². The number of amides is 1. The van der Waals surface area contributed by atoms with Crippen LogP contribution in [0, 0.1) is 0 Å². The summed E-state index contributed by atoms with van der Waals surface area (Å²) in [6.07, 6.45) is 2.18. The van der Waals surface area contributed by atoms with Crippen molar-refractivity contribution in [3.63, 3.8) is 0 Å². The molecule has 1 amide bonds. The minimum absolute atomic E-state index is 0.00193. The summed E-state index contributed by atoms with van der Waals surface area (Å²) in [5.74, 6) is 1.58. The van der Waals surface area contributed by atoms with Gasteiger partial charge in [0.15, 0.2) is 0 Å². The van der Waals surface area contributed by atoms with Gasteiger partial charge in [0.05, 0.1) is 26.8 Å². The Morgan fingerprint density at radius 3 is 1.82 bits per heavy atom. The van der Waals surface area contributed by atoms with Crippen molar-refractivity contribution in [3.05, 3.63) is 59.7 Å². The van der Waals surface area contributed by atoms with E-state index in [0.29, 0.717) is 12.6 Å². The molecule has 0 spiro atoms. The van der Waals surface area contributed by atoms with Crippen LogP contribution in [0.25, 0.3) is 0 Å². The number of nitrogens with one attached hydrogen (secondary N) is 1. The summed E-state index contributed by atoms with van der Waals surface area (Å²) in [6, 6.07) is 15.7. The van der Waals surface area contributed by atoms with Crippen molar-refractivity contribution in [1.29, 1.82) is 0 Å². The lowest BCUT2D eigenvalue weighted by molar-refractivity contribution is -0.122. The van der Waals surface area contributed by atoms with E-state index in [-0.39, 0.29) is 11.9 Å². The fraction of sp³-hybridized carbons (Fsp3) is 0.435. The van der Waals surface area contributed by atoms with Gasteiger partial charge in [0.2, 0.25) is 5.91 Å². The van der Waals surface area contributed by atoms with E-state index in [0.717, 1.165) is 35.5 Å². The van der Waals surface area contributed by atoms with E-state index in [2.05, 4.69) is 24.1 Å². The third-order valence-corrected chi connectivity index (χ3v) is 5.06. The van der Waals surface area contributed by atoms with Crippen molar-refractivity contribution in [2.24, 2.45) is 0 Å². The van der Waals surface area contributed by atoms with Gasteiger partial charge in [-0.25, -0.2) is 0 Å². The number of rotatable bonds is 10. The molecule has 2 rings (SSSR count). The maximum Gasteiger partial charge on any atom is 0.234 e. The molecule has 0 saturated heterocycles. The molecule has 0 fully saturated rings. The molecule has 5 heteroatoms. The van der Waals surface area contributed by atoms with Gasteiger partial charge in [-0.3, -0.25) is 9.69 Å². The highest BCUT2D eigenvalue weighted by Gasteiger charge is 2.19. The Bertz CT molecular complexity index is 681. The fourth-order valence-electron chi connectivity index (χ4n) is 3.18. The van der Waals surface area contributed by atoms with Crippen LogP contribution in [0.3, 0.4) is 0 Å². The normalized spacial score (nSPS) is 12.1. The molecule has 0 radical (unpaired) electrons. The lowest BCUT2D eigenvalue weighted by atomic mass is 9.98. The molecule has 1 atom stereocenters. The zero-order valence-corrected chi connectivity index (χ0v) is 17.6. The first kappa shape index (κ1) is 21.8. The zero-order valence-electron chi connectivity index (χ0n) is 17.6. The number of benzene rings is 2. The van der Waals surface area contributed by atoms with E-state index in [9.17, 15) is 4.79 Å². The van der Waals surface area contributed by atoms with Gasteiger partial charge in [-0.15, -0.1) is 0 Å². The van der Waals surface area contributed by atoms with Crippen LogP contribution in [0.15, 0.2) is 48.5 Å². The van der Waals surface area contributed by atoms with Crippen LogP contribution in [-0.4, -0.2) is 44.7 Å². The van der Waals surface area contributed by atoms with Crippen molar-refractivity contribution in [2.45, 2.75) is 38.8 Å². The molecule has 2 aromatic carbocycles. The van der Waals surface area contributed by atoms with Gasteiger partial charge in [-0.1, -0.05) is 37.6 Å². The van der Waals surface area contributed by atoms with E-state index < -0.39 is 0 Å². The maximum absolute atomic E-state index is 12.8. The van der Waals surface area contributed by atoms with Gasteiger partial charge < -0.3 is 14.8 Å². The molecule has 0 aliphatic heterocycles. The Morgan fingerprint density at radius 2 is 1.43 bits per heavy atom. The summed E-state index contributed by atoms with van der Waals surface area (Å²) in [5, 5.41) is 3.19. The summed E-state index contributed by atoms with van der Waals surface area (Å²) >= 11 is 0. The highest BCUT2D eigenvalue weighted by atomic mass is 16.5. The van der Waals surface area contributed by atoms with Crippen LogP contribution in [0.1, 0.15) is 43.9 Å². The van der Waals surface area contributed by atoms with Gasteiger partial charge >= 0.3 is 0 Å². The minimum atomic E-state index is -0.237. The lowest BCUT2D eigenvalue weighted by Crippen LogP contribution is -2.41. The predicted molar refractivity (Wildman–Crippen MR) is 113 cm³/mol. The van der Waals surface area contributed by atoms with Crippen molar-refractivity contribution in [2.75, 3.05) is 27.8 Å². The number of carbonyl (C=O) groups is 1. The quantitative estimate of drug-likeness (QED) is 0.672. The number of hydrogen-bond acceptors (Lipinski definition) is 4. The molecular formula is C23H32N2O3. The third-order valence-electron chi connectivity index (χ3n) is 5.06. The smallest absolute Gasteiger partial charge is 0.234 e. The SMILES string of the molecule is CCC[C@@H](C)N(C)CC(=O)NC(c1ccc(OC)cc1)c1ccc(OC)cc1. The first-order valence-corrected chi connectivity index (χ1v) is 9.76. The average molecular weight is 385 g/mol. The Hall–Kier alpha value is -2.53. The molecule has 152 valence electrons. The van der Waals surface area contributed by atoms with E-state index >= 15 is 0 Å². The molecule has 0 aliphatic rings. The molecule has 1 N–H and O–H groups in total. The highest BCUT2D eigenvalue weighted by molar-refractivity contribution is 5.79. The van der Waals surface area contributed by atoms with Crippen molar-refractivity contribution in [3.8, 4) is 11.5 Å². The molecule has 0 bridgehead atoms. The molecule has 2 aromatic rings. The molecule has 0 saturated carbocycles. The van der Waals surface area contributed by atoms with Crippen LogP contribution in [0.5, 0.6) is 11.5 Å². The van der Waals surface area contributed by atoms with E-state index in [1.807, 2.05) is 55.6 Å². The first-order valence-electron chi connectivity index (χ1n) is 9.76. The van der Waals surface area contributed by atoms with Crippen molar-refractivity contribution < 1.29 is 14.3 Å². The third kappa shape index (κ3) is 5.99. The lowest BCUT2D eigenvalue weighted by Gasteiger charge is -2.26. The maximum atomic E-state index is 12.8. The zero-order chi connectivity index (χ0) is 20.5. The Balaban J connectivity index is 2.20. The highest BCUT2D eigenvalue weighted by Crippen LogP contribution is 2.26. The summed E-state index contributed by atoms with van der Waals surface area (Å²) in [6.45, 7) is 4.68. The number of hydrogen-bond donors (Lipinski definition) is 1. The fourth-order valence-corrected chi connectivity index (χ4v) is 3.18. The topological polar surface area (TPSA) is 50.8 Å². The largest absolute Gasteiger partial charge is 0.497 e. The second-order valence-corrected chi connectivity index (χ2v) is 7.10. The Kier molecular flexibility index (Phi) is 8.33. The Labute approximate surface area is 168 Å². The van der Waals surface area contributed by atoms with Gasteiger partial charge in [-0.05, 0) is 55.8 Å². The molecule has 0 unspecified atom stereocenters. The number of likely N-dealkylation sites (N-methyl/N-ethyl adjacent to an activating group) is 1. The molecule has 28 heavy (non-hydrogen) atoms. The number of ether oxygens (including phenoxy) is 2. The van der Waals surface area contributed by atoms with Gasteiger partial charge in [0, 0.05) is 6.04 Å². The number of methoxy groups -OCH3 is 2. The molecule has 5 nitrogen and oxygen atoms in total. The molecule has 0 heterocycles. The van der Waals surface area contributed by atoms with Crippen LogP contribution >= 0.6 is 0 Å². The number of carbonyl (C=O) groups excluding carboxylic acids is 1.